The van der Waals surface area contributed by atoms with Crippen molar-refractivity contribution in [3.8, 4) is 0 Å². The third-order valence-electron chi connectivity index (χ3n) is 3.25. The molecule has 0 aromatic heterocycles. The van der Waals surface area contributed by atoms with Gasteiger partial charge in [0.25, 0.3) is 0 Å². The van der Waals surface area contributed by atoms with Crippen LogP contribution in [0.15, 0.2) is 18.2 Å². The Bertz CT molecular complexity index is 571. The molecule has 0 aliphatic heterocycles. The van der Waals surface area contributed by atoms with Crippen molar-refractivity contribution in [1.82, 2.24) is 0 Å². The first-order valence-electron chi connectivity index (χ1n) is 5.98. The molecule has 0 heterocycles. The molecule has 0 radical (unpaired) electrons. The predicted octanol–water partition coefficient (Wildman–Crippen LogP) is 4.55. The third kappa shape index (κ3) is 1.92. The molecule has 0 aliphatic rings. The molecule has 0 bridgehead atoms. The van der Waals surface area contributed by atoms with E-state index in [1.54, 1.807) is 0 Å². The van der Waals surface area contributed by atoms with Gasteiger partial charge in [-0.3, -0.25) is 0 Å². The second-order valence-electron chi connectivity index (χ2n) is 4.37. The van der Waals surface area contributed by atoms with Crippen molar-refractivity contribution in [3.05, 3.63) is 46.5 Å². The van der Waals surface area contributed by atoms with Gasteiger partial charge in [-0.2, -0.15) is 0 Å². The fraction of sp³-hybridized carbons (Fsp3) is 0.333. The van der Waals surface area contributed by atoms with E-state index >= 15 is 0 Å². The molecular weight excluding hydrogens is 218 g/mol. The minimum absolute atomic E-state index is 0.486. The molecule has 0 aliphatic carbocycles. The van der Waals surface area contributed by atoms with Crippen LogP contribution >= 0.6 is 0 Å². The van der Waals surface area contributed by atoms with E-state index in [0.717, 1.165) is 28.3 Å². The molecule has 0 saturated carbocycles. The van der Waals surface area contributed by atoms with Gasteiger partial charge in [0.2, 0.25) is 0 Å². The summed E-state index contributed by atoms with van der Waals surface area (Å²) >= 11 is 0. The molecule has 0 saturated heterocycles. The van der Waals surface area contributed by atoms with Gasteiger partial charge >= 0.3 is 0 Å². The first-order chi connectivity index (χ1) is 8.08. The molecule has 0 amide bonds. The van der Waals surface area contributed by atoms with Crippen molar-refractivity contribution >= 4 is 10.8 Å². The van der Waals surface area contributed by atoms with Gasteiger partial charge in [0.1, 0.15) is 0 Å². The topological polar surface area (TPSA) is 0 Å². The summed E-state index contributed by atoms with van der Waals surface area (Å²) in [5.74, 6) is -1.45. The lowest BCUT2D eigenvalue weighted by Gasteiger charge is -2.12. The fourth-order valence-electron chi connectivity index (χ4n) is 2.41. The normalized spacial score (nSPS) is 11.1. The summed E-state index contributed by atoms with van der Waals surface area (Å²) < 4.78 is 27.2. The maximum Gasteiger partial charge on any atom is 0.162 e. The highest BCUT2D eigenvalue weighted by atomic mass is 19.2. The van der Waals surface area contributed by atoms with E-state index in [-0.39, 0.29) is 0 Å². The van der Waals surface area contributed by atoms with E-state index in [1.807, 2.05) is 19.9 Å². The van der Waals surface area contributed by atoms with Gasteiger partial charge in [0.15, 0.2) is 11.6 Å². The lowest BCUT2D eigenvalue weighted by molar-refractivity contribution is 0.502. The summed E-state index contributed by atoms with van der Waals surface area (Å²) in [6.45, 7) is 5.86. The lowest BCUT2D eigenvalue weighted by Crippen LogP contribution is -1.97. The van der Waals surface area contributed by atoms with Crippen molar-refractivity contribution in [1.29, 1.82) is 0 Å². The number of hydrogen-bond donors (Lipinski definition) is 0. The minimum Gasteiger partial charge on any atom is -0.204 e. The molecule has 0 N–H and O–H groups in total. The van der Waals surface area contributed by atoms with Gasteiger partial charge in [-0.25, -0.2) is 8.78 Å². The van der Waals surface area contributed by atoms with Crippen molar-refractivity contribution in [2.75, 3.05) is 0 Å². The summed E-state index contributed by atoms with van der Waals surface area (Å²) in [6, 6.07) is 5.30. The molecule has 0 spiro atoms. The molecule has 0 fully saturated rings. The Balaban J connectivity index is 2.90. The van der Waals surface area contributed by atoms with E-state index in [1.165, 1.54) is 6.07 Å². The summed E-state index contributed by atoms with van der Waals surface area (Å²) in [5, 5.41) is 1.67. The Morgan fingerprint density at radius 2 is 1.71 bits per heavy atom. The number of benzene rings is 2. The van der Waals surface area contributed by atoms with Crippen molar-refractivity contribution in [2.24, 2.45) is 0 Å². The molecular formula is C15H16F2. The zero-order valence-electron chi connectivity index (χ0n) is 10.4. The second-order valence-corrected chi connectivity index (χ2v) is 4.37. The maximum atomic E-state index is 13.7. The van der Waals surface area contributed by atoms with Gasteiger partial charge in [0, 0.05) is 0 Å². The highest BCUT2D eigenvalue weighted by Gasteiger charge is 2.14. The third-order valence-corrected chi connectivity index (χ3v) is 3.25. The molecule has 2 aromatic carbocycles. The largest absolute Gasteiger partial charge is 0.204 e. The van der Waals surface area contributed by atoms with E-state index in [2.05, 4.69) is 13.0 Å². The Labute approximate surface area is 100 Å². The summed E-state index contributed by atoms with van der Waals surface area (Å²) in [5.41, 5.74) is 2.67. The first-order valence-corrected chi connectivity index (χ1v) is 5.98. The monoisotopic (exact) mass is 234 g/mol. The van der Waals surface area contributed by atoms with Crippen LogP contribution in [0.5, 0.6) is 0 Å². The number of hydrogen-bond acceptors (Lipinski definition) is 0. The van der Waals surface area contributed by atoms with E-state index in [0.29, 0.717) is 12.0 Å². The number of halogens is 2. The summed E-state index contributed by atoms with van der Waals surface area (Å²) in [6.07, 6.45) is 1.41. The van der Waals surface area contributed by atoms with Crippen molar-refractivity contribution < 1.29 is 8.78 Å². The highest BCUT2D eigenvalue weighted by Crippen LogP contribution is 2.29. The Hall–Kier alpha value is -1.44. The smallest absolute Gasteiger partial charge is 0.162 e. The Kier molecular flexibility index (Phi) is 3.14. The van der Waals surface area contributed by atoms with Crippen LogP contribution in [-0.2, 0) is 12.8 Å². The van der Waals surface area contributed by atoms with Crippen LogP contribution in [0.2, 0.25) is 0 Å². The molecule has 90 valence electrons. The lowest BCUT2D eigenvalue weighted by atomic mass is 9.95. The molecule has 0 nitrogen and oxygen atoms in total. The molecule has 2 rings (SSSR count). The van der Waals surface area contributed by atoms with E-state index < -0.39 is 11.6 Å². The predicted molar refractivity (Wildman–Crippen MR) is 67.4 cm³/mol. The second kappa shape index (κ2) is 4.44. The van der Waals surface area contributed by atoms with Gasteiger partial charge in [-0.05, 0) is 53.3 Å². The van der Waals surface area contributed by atoms with Crippen LogP contribution in [0.4, 0.5) is 8.78 Å². The van der Waals surface area contributed by atoms with Crippen LogP contribution in [0, 0.1) is 18.6 Å². The minimum atomic E-state index is -0.748. The molecule has 2 aromatic rings. The first kappa shape index (κ1) is 12.0. The summed E-state index contributed by atoms with van der Waals surface area (Å²) in [7, 11) is 0. The van der Waals surface area contributed by atoms with E-state index in [4.69, 9.17) is 0 Å². The zero-order valence-corrected chi connectivity index (χ0v) is 10.4. The van der Waals surface area contributed by atoms with Crippen LogP contribution in [-0.4, -0.2) is 0 Å². The average molecular weight is 234 g/mol. The zero-order chi connectivity index (χ0) is 12.6. The van der Waals surface area contributed by atoms with Crippen molar-refractivity contribution in [2.45, 2.75) is 33.6 Å². The molecule has 2 heteroatoms. The van der Waals surface area contributed by atoms with Crippen LogP contribution < -0.4 is 0 Å². The average Bonchev–Trinajstić information content (AvgIpc) is 2.31. The SMILES string of the molecule is CCc1cc(C)c2c(CC)c(F)c(F)cc2c1. The van der Waals surface area contributed by atoms with Crippen LogP contribution in [0.3, 0.4) is 0 Å². The molecule has 0 atom stereocenters. The van der Waals surface area contributed by atoms with Gasteiger partial charge < -0.3 is 0 Å². The van der Waals surface area contributed by atoms with Gasteiger partial charge in [0.05, 0.1) is 0 Å². The summed E-state index contributed by atoms with van der Waals surface area (Å²) in [4.78, 5) is 0. The molecule has 17 heavy (non-hydrogen) atoms. The van der Waals surface area contributed by atoms with Crippen molar-refractivity contribution in [3.63, 3.8) is 0 Å². The quantitative estimate of drug-likeness (QED) is 0.715. The van der Waals surface area contributed by atoms with Gasteiger partial charge in [-0.15, -0.1) is 0 Å². The number of fused-ring (bicyclic) bond motifs is 1. The highest BCUT2D eigenvalue weighted by molar-refractivity contribution is 5.89. The molecule has 0 unspecified atom stereocenters. The number of aryl methyl sites for hydroxylation is 3. The standard InChI is InChI=1S/C15H16F2/c1-4-10-6-9(3)14-11(7-10)8-13(16)15(17)12(14)5-2/h6-8H,4-5H2,1-3H3. The van der Waals surface area contributed by atoms with Gasteiger partial charge in [-0.1, -0.05) is 26.0 Å². The van der Waals surface area contributed by atoms with Crippen LogP contribution in [0.25, 0.3) is 10.8 Å². The Morgan fingerprint density at radius 1 is 1.00 bits per heavy atom. The van der Waals surface area contributed by atoms with Crippen LogP contribution in [0.1, 0.15) is 30.5 Å². The number of rotatable bonds is 2. The maximum absolute atomic E-state index is 13.7. The fourth-order valence-corrected chi connectivity index (χ4v) is 2.41. The Morgan fingerprint density at radius 3 is 2.29 bits per heavy atom. The van der Waals surface area contributed by atoms with E-state index in [9.17, 15) is 8.78 Å².